The van der Waals surface area contributed by atoms with Crippen LogP contribution in [-0.4, -0.2) is 69.1 Å². The molecule has 2 aliphatic heterocycles. The summed E-state index contributed by atoms with van der Waals surface area (Å²) in [7, 11) is -3.15. The predicted molar refractivity (Wildman–Crippen MR) is 83.2 cm³/mol. The number of carbonyl (C=O) groups is 1. The molecule has 3 rings (SSSR count). The average Bonchev–Trinajstić information content (AvgIpc) is 2.48. The number of nitrogens with one attached hydrogen (secondary N) is 1. The summed E-state index contributed by atoms with van der Waals surface area (Å²) in [6.07, 6.45) is 1.21. The first-order valence-electron chi connectivity index (χ1n) is 7.46. The third-order valence-electron chi connectivity index (χ3n) is 4.33. The van der Waals surface area contributed by atoms with E-state index in [1.54, 1.807) is 12.1 Å². The van der Waals surface area contributed by atoms with Gasteiger partial charge < -0.3 is 5.32 Å². The fourth-order valence-corrected chi connectivity index (χ4v) is 3.71. The summed E-state index contributed by atoms with van der Waals surface area (Å²) in [5.74, 6) is 0.114. The van der Waals surface area contributed by atoms with Crippen molar-refractivity contribution in [3.05, 3.63) is 29.8 Å². The van der Waals surface area contributed by atoms with Crippen molar-refractivity contribution in [1.29, 1.82) is 0 Å². The number of hydrogen-bond donors (Lipinski definition) is 1. The Morgan fingerprint density at radius 3 is 2.59 bits per heavy atom. The molecule has 1 aromatic carbocycles. The second-order valence-corrected chi connectivity index (χ2v) is 8.01. The molecule has 0 bridgehead atoms. The SMILES string of the molecule is CS(=O)(=O)c1ccc(CN2CCN3CCNC(=O)C3C2)cc1. The van der Waals surface area contributed by atoms with Gasteiger partial charge in [0, 0.05) is 45.5 Å². The van der Waals surface area contributed by atoms with Gasteiger partial charge in [-0.15, -0.1) is 0 Å². The van der Waals surface area contributed by atoms with Crippen LogP contribution in [-0.2, 0) is 21.2 Å². The zero-order valence-electron chi connectivity index (χ0n) is 12.7. The molecule has 0 aliphatic carbocycles. The van der Waals surface area contributed by atoms with Gasteiger partial charge in [0.1, 0.15) is 6.04 Å². The molecule has 7 heteroatoms. The molecule has 2 fully saturated rings. The normalized spacial score (nSPS) is 23.9. The lowest BCUT2D eigenvalue weighted by Gasteiger charge is -2.43. The number of nitrogens with zero attached hydrogens (tertiary/aromatic N) is 2. The Labute approximate surface area is 131 Å². The van der Waals surface area contributed by atoms with E-state index < -0.39 is 9.84 Å². The smallest absolute Gasteiger partial charge is 0.238 e. The van der Waals surface area contributed by atoms with Gasteiger partial charge in [-0.3, -0.25) is 14.6 Å². The van der Waals surface area contributed by atoms with Gasteiger partial charge in [-0.25, -0.2) is 8.42 Å². The molecule has 2 saturated heterocycles. The summed E-state index contributed by atoms with van der Waals surface area (Å²) in [6, 6.07) is 6.94. The van der Waals surface area contributed by atoms with Gasteiger partial charge in [0.15, 0.2) is 9.84 Å². The molecule has 1 N–H and O–H groups in total. The van der Waals surface area contributed by atoms with Crippen LogP contribution < -0.4 is 5.32 Å². The minimum Gasteiger partial charge on any atom is -0.353 e. The van der Waals surface area contributed by atoms with Crippen LogP contribution in [0.1, 0.15) is 5.56 Å². The van der Waals surface area contributed by atoms with E-state index in [0.29, 0.717) is 4.90 Å². The number of sulfone groups is 1. The van der Waals surface area contributed by atoms with E-state index in [1.807, 2.05) is 12.1 Å². The van der Waals surface area contributed by atoms with Gasteiger partial charge >= 0.3 is 0 Å². The molecule has 120 valence electrons. The van der Waals surface area contributed by atoms with Gasteiger partial charge in [-0.05, 0) is 17.7 Å². The van der Waals surface area contributed by atoms with E-state index in [2.05, 4.69) is 15.1 Å². The van der Waals surface area contributed by atoms with E-state index in [9.17, 15) is 13.2 Å². The Morgan fingerprint density at radius 2 is 1.91 bits per heavy atom. The molecule has 1 unspecified atom stereocenters. The van der Waals surface area contributed by atoms with Crippen LogP contribution in [0.2, 0.25) is 0 Å². The van der Waals surface area contributed by atoms with Crippen molar-refractivity contribution in [3.63, 3.8) is 0 Å². The average molecular weight is 323 g/mol. The Bertz CT molecular complexity index is 657. The highest BCUT2D eigenvalue weighted by molar-refractivity contribution is 7.90. The van der Waals surface area contributed by atoms with Crippen molar-refractivity contribution in [3.8, 4) is 0 Å². The number of piperazine rings is 2. The van der Waals surface area contributed by atoms with E-state index >= 15 is 0 Å². The molecule has 22 heavy (non-hydrogen) atoms. The van der Waals surface area contributed by atoms with Crippen molar-refractivity contribution in [2.75, 3.05) is 39.0 Å². The molecule has 2 heterocycles. The van der Waals surface area contributed by atoms with Gasteiger partial charge in [-0.2, -0.15) is 0 Å². The van der Waals surface area contributed by atoms with Crippen molar-refractivity contribution < 1.29 is 13.2 Å². The molecule has 0 radical (unpaired) electrons. The van der Waals surface area contributed by atoms with E-state index in [1.165, 1.54) is 6.26 Å². The number of amides is 1. The summed E-state index contributed by atoms with van der Waals surface area (Å²) in [5, 5.41) is 2.92. The Morgan fingerprint density at radius 1 is 1.18 bits per heavy atom. The first kappa shape index (κ1) is 15.5. The lowest BCUT2D eigenvalue weighted by Crippen LogP contribution is -2.63. The fraction of sp³-hybridized carbons (Fsp3) is 0.533. The summed E-state index contributed by atoms with van der Waals surface area (Å²) in [5.41, 5.74) is 1.07. The summed E-state index contributed by atoms with van der Waals surface area (Å²) in [6.45, 7) is 4.95. The number of rotatable bonds is 3. The number of benzene rings is 1. The lowest BCUT2D eigenvalue weighted by atomic mass is 10.1. The highest BCUT2D eigenvalue weighted by Crippen LogP contribution is 2.16. The first-order valence-corrected chi connectivity index (χ1v) is 9.36. The summed E-state index contributed by atoms with van der Waals surface area (Å²) >= 11 is 0. The first-order chi connectivity index (χ1) is 10.4. The van der Waals surface area contributed by atoms with Crippen LogP contribution in [0.5, 0.6) is 0 Å². The van der Waals surface area contributed by atoms with Crippen LogP contribution >= 0.6 is 0 Å². The maximum atomic E-state index is 11.9. The number of hydrogen-bond acceptors (Lipinski definition) is 5. The molecule has 0 spiro atoms. The standard InChI is InChI=1S/C15H21N3O3S/c1-22(20,21)13-4-2-12(3-5-13)10-17-8-9-18-7-6-16-15(19)14(18)11-17/h2-5,14H,6-11H2,1H3,(H,16,19). The second kappa shape index (κ2) is 5.98. The summed E-state index contributed by atoms with van der Waals surface area (Å²) < 4.78 is 22.9. The van der Waals surface area contributed by atoms with Gasteiger partial charge in [-0.1, -0.05) is 12.1 Å². The monoisotopic (exact) mass is 323 g/mol. The third-order valence-corrected chi connectivity index (χ3v) is 5.46. The zero-order valence-corrected chi connectivity index (χ0v) is 13.5. The Balaban J connectivity index is 1.65. The molecule has 0 aromatic heterocycles. The Hall–Kier alpha value is -1.44. The molecule has 6 nitrogen and oxygen atoms in total. The molecule has 0 saturated carbocycles. The minimum absolute atomic E-state index is 0.0576. The quantitative estimate of drug-likeness (QED) is 0.827. The maximum absolute atomic E-state index is 11.9. The zero-order chi connectivity index (χ0) is 15.7. The molecule has 2 aliphatic rings. The molecule has 1 aromatic rings. The molecule has 1 atom stereocenters. The maximum Gasteiger partial charge on any atom is 0.238 e. The van der Waals surface area contributed by atoms with Crippen molar-refractivity contribution in [1.82, 2.24) is 15.1 Å². The fourth-order valence-electron chi connectivity index (χ4n) is 3.08. The lowest BCUT2D eigenvalue weighted by molar-refractivity contribution is -0.131. The number of carbonyl (C=O) groups excluding carboxylic acids is 1. The van der Waals surface area contributed by atoms with Crippen molar-refractivity contribution in [2.24, 2.45) is 0 Å². The van der Waals surface area contributed by atoms with Crippen LogP contribution in [0.15, 0.2) is 29.2 Å². The highest BCUT2D eigenvalue weighted by Gasteiger charge is 2.34. The van der Waals surface area contributed by atoms with Crippen molar-refractivity contribution in [2.45, 2.75) is 17.5 Å². The van der Waals surface area contributed by atoms with E-state index in [4.69, 9.17) is 0 Å². The second-order valence-electron chi connectivity index (χ2n) is 5.99. The highest BCUT2D eigenvalue weighted by atomic mass is 32.2. The largest absolute Gasteiger partial charge is 0.353 e. The predicted octanol–water partition coefficient (Wildman–Crippen LogP) is -0.294. The van der Waals surface area contributed by atoms with Crippen LogP contribution in [0.25, 0.3) is 0 Å². The molecular weight excluding hydrogens is 302 g/mol. The van der Waals surface area contributed by atoms with Gasteiger partial charge in [0.05, 0.1) is 4.90 Å². The topological polar surface area (TPSA) is 69.7 Å². The van der Waals surface area contributed by atoms with Crippen LogP contribution in [0, 0.1) is 0 Å². The van der Waals surface area contributed by atoms with Gasteiger partial charge in [0.25, 0.3) is 0 Å². The van der Waals surface area contributed by atoms with E-state index in [-0.39, 0.29) is 11.9 Å². The Kier molecular flexibility index (Phi) is 4.20. The van der Waals surface area contributed by atoms with Crippen molar-refractivity contribution >= 4 is 15.7 Å². The van der Waals surface area contributed by atoms with Crippen LogP contribution in [0.3, 0.4) is 0 Å². The minimum atomic E-state index is -3.15. The molecule has 1 amide bonds. The summed E-state index contributed by atoms with van der Waals surface area (Å²) in [4.78, 5) is 16.8. The third kappa shape index (κ3) is 3.31. The molecular formula is C15H21N3O3S. The number of fused-ring (bicyclic) bond motifs is 1. The van der Waals surface area contributed by atoms with Gasteiger partial charge in [0.2, 0.25) is 5.91 Å². The van der Waals surface area contributed by atoms with Crippen LogP contribution in [0.4, 0.5) is 0 Å². The van der Waals surface area contributed by atoms with E-state index in [0.717, 1.165) is 44.8 Å².